The van der Waals surface area contributed by atoms with Crippen molar-refractivity contribution in [3.05, 3.63) is 60.3 Å². The molecule has 0 bridgehead atoms. The molecule has 0 fully saturated rings. The van der Waals surface area contributed by atoms with Crippen LogP contribution in [0.5, 0.6) is 0 Å². The van der Waals surface area contributed by atoms with Gasteiger partial charge < -0.3 is 10.0 Å². The summed E-state index contributed by atoms with van der Waals surface area (Å²) in [6.07, 6.45) is 3.55. The number of para-hydroxylation sites is 1. The van der Waals surface area contributed by atoms with Crippen molar-refractivity contribution in [2.75, 3.05) is 11.4 Å². The minimum absolute atomic E-state index is 0.306. The topological polar surface area (TPSA) is 36.4 Å². The van der Waals surface area contributed by atoms with Gasteiger partial charge in [-0.05, 0) is 30.3 Å². The molecule has 0 atom stereocenters. The number of aliphatic hydroxyl groups is 1. The highest BCUT2D eigenvalue weighted by atomic mass is 16.3. The van der Waals surface area contributed by atoms with Gasteiger partial charge in [0.2, 0.25) is 0 Å². The van der Waals surface area contributed by atoms with E-state index in [0.29, 0.717) is 12.3 Å². The van der Waals surface area contributed by atoms with E-state index in [2.05, 4.69) is 9.88 Å². The van der Waals surface area contributed by atoms with Gasteiger partial charge in [-0.3, -0.25) is 0 Å². The van der Waals surface area contributed by atoms with Gasteiger partial charge in [0.1, 0.15) is 11.6 Å². The highest BCUT2D eigenvalue weighted by Gasteiger charge is 2.20. The molecule has 0 spiro atoms. The van der Waals surface area contributed by atoms with E-state index in [-0.39, 0.29) is 0 Å². The fraction of sp³-hybridized carbons (Fsp3) is 0.0714. The largest absolute Gasteiger partial charge is 0.507 e. The number of fused-ring (bicyclic) bond motifs is 1. The third kappa shape index (κ3) is 1.65. The molecule has 0 saturated heterocycles. The molecular formula is C14H12N2O. The Balaban J connectivity index is 2.11. The van der Waals surface area contributed by atoms with Crippen LogP contribution in [0.1, 0.15) is 5.56 Å². The summed E-state index contributed by atoms with van der Waals surface area (Å²) < 4.78 is 0. The van der Waals surface area contributed by atoms with Crippen LogP contribution in [-0.2, 0) is 0 Å². The Morgan fingerprint density at radius 2 is 1.88 bits per heavy atom. The summed E-state index contributed by atoms with van der Waals surface area (Å²) in [5.74, 6) is 1.11. The van der Waals surface area contributed by atoms with Crippen LogP contribution in [0.15, 0.2) is 54.7 Å². The van der Waals surface area contributed by atoms with E-state index in [4.69, 9.17) is 0 Å². The molecule has 3 rings (SSSR count). The predicted octanol–water partition coefficient (Wildman–Crippen LogP) is 3.13. The SMILES string of the molecule is OC1=CCN(c2ccccc2)c2ncccc21. The molecule has 0 unspecified atom stereocenters. The van der Waals surface area contributed by atoms with Gasteiger partial charge in [0, 0.05) is 18.4 Å². The van der Waals surface area contributed by atoms with Gasteiger partial charge in [-0.2, -0.15) is 0 Å². The average Bonchev–Trinajstić information content (AvgIpc) is 2.41. The molecule has 84 valence electrons. The maximum Gasteiger partial charge on any atom is 0.144 e. The summed E-state index contributed by atoms with van der Waals surface area (Å²) in [5, 5.41) is 9.82. The monoisotopic (exact) mass is 224 g/mol. The summed E-state index contributed by atoms with van der Waals surface area (Å²) in [4.78, 5) is 6.43. The molecule has 1 aliphatic heterocycles. The van der Waals surface area contributed by atoms with E-state index in [1.54, 1.807) is 12.3 Å². The molecule has 2 heterocycles. The van der Waals surface area contributed by atoms with Crippen LogP contribution in [0.2, 0.25) is 0 Å². The first-order valence-electron chi connectivity index (χ1n) is 5.53. The number of pyridine rings is 1. The van der Waals surface area contributed by atoms with E-state index in [0.717, 1.165) is 17.1 Å². The standard InChI is InChI=1S/C14H12N2O/c17-13-8-10-16(11-5-2-1-3-6-11)14-12(13)7-4-9-15-14/h1-9,17H,10H2. The maximum absolute atomic E-state index is 9.82. The van der Waals surface area contributed by atoms with Gasteiger partial charge in [0.05, 0.1) is 5.56 Å². The molecule has 0 radical (unpaired) electrons. The minimum atomic E-state index is 0.306. The second kappa shape index (κ2) is 3.94. The van der Waals surface area contributed by atoms with Gasteiger partial charge in [-0.1, -0.05) is 18.2 Å². The molecule has 3 heteroatoms. The van der Waals surface area contributed by atoms with Gasteiger partial charge in [-0.15, -0.1) is 0 Å². The summed E-state index contributed by atoms with van der Waals surface area (Å²) in [6.45, 7) is 0.639. The van der Waals surface area contributed by atoms with Crippen molar-refractivity contribution in [3.63, 3.8) is 0 Å². The van der Waals surface area contributed by atoms with Crippen molar-refractivity contribution >= 4 is 17.3 Å². The molecule has 3 nitrogen and oxygen atoms in total. The van der Waals surface area contributed by atoms with Crippen LogP contribution in [0, 0.1) is 0 Å². The quantitative estimate of drug-likeness (QED) is 0.808. The average molecular weight is 224 g/mol. The van der Waals surface area contributed by atoms with E-state index < -0.39 is 0 Å². The van der Waals surface area contributed by atoms with Crippen LogP contribution in [0.25, 0.3) is 5.76 Å². The molecular weight excluding hydrogens is 212 g/mol. The third-order valence-corrected chi connectivity index (χ3v) is 2.85. The van der Waals surface area contributed by atoms with Gasteiger partial charge in [0.25, 0.3) is 0 Å². The lowest BCUT2D eigenvalue weighted by Crippen LogP contribution is -2.22. The third-order valence-electron chi connectivity index (χ3n) is 2.85. The van der Waals surface area contributed by atoms with Crippen LogP contribution >= 0.6 is 0 Å². The summed E-state index contributed by atoms with van der Waals surface area (Å²) in [7, 11) is 0. The first-order valence-corrected chi connectivity index (χ1v) is 5.53. The smallest absolute Gasteiger partial charge is 0.144 e. The van der Waals surface area contributed by atoms with Crippen LogP contribution < -0.4 is 4.90 Å². The van der Waals surface area contributed by atoms with Crippen LogP contribution in [0.3, 0.4) is 0 Å². The number of hydrogen-bond donors (Lipinski definition) is 1. The first kappa shape index (κ1) is 9.90. The Bertz CT molecular complexity index is 563. The van der Waals surface area contributed by atoms with Gasteiger partial charge in [0.15, 0.2) is 0 Å². The summed E-state index contributed by atoms with van der Waals surface area (Å²) >= 11 is 0. The van der Waals surface area contributed by atoms with Crippen molar-refractivity contribution in [2.45, 2.75) is 0 Å². The number of aliphatic hydroxyl groups excluding tert-OH is 1. The molecule has 1 aliphatic rings. The summed E-state index contributed by atoms with van der Waals surface area (Å²) in [6, 6.07) is 13.8. The fourth-order valence-electron chi connectivity index (χ4n) is 2.02. The van der Waals surface area contributed by atoms with Crippen molar-refractivity contribution in [1.82, 2.24) is 4.98 Å². The summed E-state index contributed by atoms with van der Waals surface area (Å²) in [5.41, 5.74) is 1.86. The van der Waals surface area contributed by atoms with Crippen molar-refractivity contribution in [2.24, 2.45) is 0 Å². The normalized spacial score (nSPS) is 14.1. The zero-order chi connectivity index (χ0) is 11.7. The van der Waals surface area contributed by atoms with E-state index in [1.165, 1.54) is 0 Å². The number of hydrogen-bond acceptors (Lipinski definition) is 3. The molecule has 1 aromatic carbocycles. The van der Waals surface area contributed by atoms with Crippen LogP contribution in [-0.4, -0.2) is 16.6 Å². The highest BCUT2D eigenvalue weighted by Crippen LogP contribution is 2.32. The van der Waals surface area contributed by atoms with Crippen LogP contribution in [0.4, 0.5) is 11.5 Å². The Labute approximate surface area is 99.7 Å². The van der Waals surface area contributed by atoms with Crippen molar-refractivity contribution < 1.29 is 5.11 Å². The Morgan fingerprint density at radius 1 is 1.06 bits per heavy atom. The molecule has 2 aromatic rings. The lowest BCUT2D eigenvalue weighted by atomic mass is 10.1. The molecule has 1 aromatic heterocycles. The molecule has 0 amide bonds. The number of aromatic nitrogens is 1. The second-order valence-electron chi connectivity index (χ2n) is 3.91. The second-order valence-corrected chi connectivity index (χ2v) is 3.91. The minimum Gasteiger partial charge on any atom is -0.507 e. The van der Waals surface area contributed by atoms with E-state index in [1.807, 2.05) is 42.5 Å². The zero-order valence-corrected chi connectivity index (χ0v) is 9.24. The number of anilines is 2. The lowest BCUT2D eigenvalue weighted by molar-refractivity contribution is 0.508. The molecule has 17 heavy (non-hydrogen) atoms. The number of nitrogens with zero attached hydrogens (tertiary/aromatic N) is 2. The van der Waals surface area contributed by atoms with E-state index in [9.17, 15) is 5.11 Å². The molecule has 0 aliphatic carbocycles. The first-order chi connectivity index (χ1) is 8.36. The highest BCUT2D eigenvalue weighted by molar-refractivity contribution is 5.78. The molecule has 1 N–H and O–H groups in total. The Morgan fingerprint density at radius 3 is 2.71 bits per heavy atom. The van der Waals surface area contributed by atoms with Gasteiger partial charge >= 0.3 is 0 Å². The maximum atomic E-state index is 9.82. The Hall–Kier alpha value is -2.29. The molecule has 0 saturated carbocycles. The fourth-order valence-corrected chi connectivity index (χ4v) is 2.02. The van der Waals surface area contributed by atoms with Crippen molar-refractivity contribution in [3.8, 4) is 0 Å². The number of benzene rings is 1. The van der Waals surface area contributed by atoms with E-state index >= 15 is 0 Å². The van der Waals surface area contributed by atoms with Gasteiger partial charge in [-0.25, -0.2) is 4.98 Å². The Kier molecular flexibility index (Phi) is 2.29. The lowest BCUT2D eigenvalue weighted by Gasteiger charge is -2.27. The number of rotatable bonds is 1. The van der Waals surface area contributed by atoms with Crippen molar-refractivity contribution in [1.29, 1.82) is 0 Å². The predicted molar refractivity (Wildman–Crippen MR) is 68.3 cm³/mol. The zero-order valence-electron chi connectivity index (χ0n) is 9.24.